The molecule has 1 aliphatic heterocycles. The number of hydrogen-bond acceptors (Lipinski definition) is 4. The average Bonchev–Trinajstić information content (AvgIpc) is 3.32. The minimum absolute atomic E-state index is 0.305. The summed E-state index contributed by atoms with van der Waals surface area (Å²) in [6, 6.07) is 11.3. The monoisotopic (exact) mass is 348 g/mol. The molecule has 130 valence electrons. The fourth-order valence-corrected chi connectivity index (χ4v) is 3.78. The molecule has 1 atom stereocenters. The zero-order valence-corrected chi connectivity index (χ0v) is 14.3. The molecule has 3 aromatic heterocycles. The third-order valence-electron chi connectivity index (χ3n) is 5.02. The van der Waals surface area contributed by atoms with Crippen LogP contribution in [0, 0.1) is 0 Å². The minimum atomic E-state index is -0.353. The number of furan rings is 1. The van der Waals surface area contributed by atoms with Gasteiger partial charge in [0.05, 0.1) is 34.2 Å². The largest absolute Gasteiger partial charge is 0.467 e. The summed E-state index contributed by atoms with van der Waals surface area (Å²) < 4.78 is 10.3. The Bertz CT molecular complexity index is 1270. The maximum absolute atomic E-state index is 12.7. The van der Waals surface area contributed by atoms with Crippen molar-refractivity contribution in [3.05, 3.63) is 81.2 Å². The van der Waals surface area contributed by atoms with Crippen LogP contribution >= 0.6 is 0 Å². The van der Waals surface area contributed by atoms with Crippen molar-refractivity contribution in [1.29, 1.82) is 0 Å². The predicted molar refractivity (Wildman–Crippen MR) is 97.9 cm³/mol. The predicted octanol–water partition coefficient (Wildman–Crippen LogP) is 2.14. The summed E-state index contributed by atoms with van der Waals surface area (Å²) >= 11 is 0. The van der Waals surface area contributed by atoms with Crippen LogP contribution in [0.1, 0.15) is 17.5 Å². The fourth-order valence-electron chi connectivity index (χ4n) is 3.78. The molecule has 26 heavy (non-hydrogen) atoms. The van der Waals surface area contributed by atoms with E-state index >= 15 is 0 Å². The second-order valence-electron chi connectivity index (χ2n) is 6.46. The Labute approximate surface area is 147 Å². The van der Waals surface area contributed by atoms with Gasteiger partial charge in [-0.25, -0.2) is 4.79 Å². The zero-order chi connectivity index (χ0) is 18.0. The van der Waals surface area contributed by atoms with E-state index in [4.69, 9.17) is 4.42 Å². The molecule has 1 aromatic carbocycles. The van der Waals surface area contributed by atoms with Crippen LogP contribution in [0.3, 0.4) is 0 Å². The molecule has 1 aliphatic rings. The van der Waals surface area contributed by atoms with Crippen molar-refractivity contribution in [3.63, 3.8) is 0 Å². The average molecular weight is 348 g/mol. The van der Waals surface area contributed by atoms with Crippen LogP contribution < -0.4 is 16.6 Å². The molecule has 7 nitrogen and oxygen atoms in total. The van der Waals surface area contributed by atoms with E-state index in [2.05, 4.69) is 5.32 Å². The van der Waals surface area contributed by atoms with Gasteiger partial charge in [0.15, 0.2) is 0 Å². The number of hydrogen-bond donors (Lipinski definition) is 1. The number of rotatable bonds is 1. The number of aryl methyl sites for hydroxylation is 1. The number of para-hydroxylation sites is 2. The second-order valence-corrected chi connectivity index (χ2v) is 6.46. The summed E-state index contributed by atoms with van der Waals surface area (Å²) in [5, 5.41) is 3.98. The Morgan fingerprint density at radius 2 is 1.85 bits per heavy atom. The van der Waals surface area contributed by atoms with E-state index < -0.39 is 0 Å². The van der Waals surface area contributed by atoms with Crippen molar-refractivity contribution < 1.29 is 4.42 Å². The number of aromatic nitrogens is 3. The molecule has 0 fully saturated rings. The Hall–Kier alpha value is -3.48. The third-order valence-corrected chi connectivity index (χ3v) is 5.02. The van der Waals surface area contributed by atoms with Gasteiger partial charge in [-0.05, 0) is 24.3 Å². The van der Waals surface area contributed by atoms with Gasteiger partial charge in [0, 0.05) is 20.3 Å². The third kappa shape index (κ3) is 1.77. The van der Waals surface area contributed by atoms with Crippen LogP contribution in [0.5, 0.6) is 0 Å². The summed E-state index contributed by atoms with van der Waals surface area (Å²) in [5.74, 6) is 0.717. The highest BCUT2D eigenvalue weighted by molar-refractivity contribution is 5.86. The van der Waals surface area contributed by atoms with Crippen molar-refractivity contribution in [2.24, 2.45) is 14.1 Å². The second kappa shape index (κ2) is 5.01. The van der Waals surface area contributed by atoms with E-state index in [0.717, 1.165) is 21.6 Å². The van der Waals surface area contributed by atoms with Gasteiger partial charge in [0.1, 0.15) is 11.8 Å². The van der Waals surface area contributed by atoms with Crippen molar-refractivity contribution in [2.45, 2.75) is 6.04 Å². The molecular weight excluding hydrogens is 332 g/mol. The molecule has 1 N–H and O–H groups in total. The highest BCUT2D eigenvalue weighted by Gasteiger charge is 2.32. The van der Waals surface area contributed by atoms with Crippen molar-refractivity contribution in [2.75, 3.05) is 5.32 Å². The van der Waals surface area contributed by atoms with Gasteiger partial charge >= 0.3 is 5.69 Å². The lowest BCUT2D eigenvalue weighted by Gasteiger charge is -2.28. The fraction of sp³-hybridized carbons (Fsp3) is 0.158. The Balaban J connectivity index is 1.98. The van der Waals surface area contributed by atoms with Crippen LogP contribution in [0.25, 0.3) is 16.6 Å². The Morgan fingerprint density at radius 1 is 1.04 bits per heavy atom. The molecule has 0 radical (unpaired) electrons. The first-order chi connectivity index (χ1) is 12.6. The van der Waals surface area contributed by atoms with E-state index in [9.17, 15) is 9.59 Å². The first kappa shape index (κ1) is 14.8. The molecule has 5 rings (SSSR count). The maximum atomic E-state index is 12.7. The van der Waals surface area contributed by atoms with Gasteiger partial charge in [-0.1, -0.05) is 12.1 Å². The summed E-state index contributed by atoms with van der Waals surface area (Å²) in [6.45, 7) is 0. The highest BCUT2D eigenvalue weighted by Crippen LogP contribution is 2.40. The quantitative estimate of drug-likeness (QED) is 0.572. The summed E-state index contributed by atoms with van der Waals surface area (Å²) in [7, 11) is 3.18. The molecule has 0 spiro atoms. The Morgan fingerprint density at radius 3 is 2.62 bits per heavy atom. The van der Waals surface area contributed by atoms with E-state index in [0.29, 0.717) is 16.7 Å². The summed E-state index contributed by atoms with van der Waals surface area (Å²) in [5.41, 5.74) is 2.63. The molecule has 0 saturated heterocycles. The lowest BCUT2D eigenvalue weighted by Crippen LogP contribution is -2.37. The van der Waals surface area contributed by atoms with Crippen molar-refractivity contribution in [1.82, 2.24) is 13.7 Å². The van der Waals surface area contributed by atoms with Crippen LogP contribution in [-0.4, -0.2) is 13.7 Å². The van der Waals surface area contributed by atoms with Gasteiger partial charge < -0.3 is 14.3 Å². The number of benzene rings is 1. The van der Waals surface area contributed by atoms with E-state index in [1.807, 2.05) is 47.2 Å². The SMILES string of the molecule is Cn1c(=O)c2cn3c(c2n(C)c1=O)[C@H](c1ccco1)Nc1ccccc1-3. The van der Waals surface area contributed by atoms with Crippen molar-refractivity contribution in [3.8, 4) is 5.69 Å². The number of anilines is 1. The van der Waals surface area contributed by atoms with E-state index in [1.165, 1.54) is 11.6 Å². The number of nitrogens with zero attached hydrogens (tertiary/aromatic N) is 3. The Kier molecular flexibility index (Phi) is 2.86. The van der Waals surface area contributed by atoms with Gasteiger partial charge in [-0.2, -0.15) is 0 Å². The molecular formula is C19H16N4O3. The molecule has 0 aliphatic carbocycles. The van der Waals surface area contributed by atoms with Crippen LogP contribution in [0.2, 0.25) is 0 Å². The summed E-state index contributed by atoms with van der Waals surface area (Å²) in [4.78, 5) is 25.2. The van der Waals surface area contributed by atoms with Gasteiger partial charge in [-0.3, -0.25) is 13.9 Å². The standard InChI is InChI=1S/C19H16N4O3/c1-21-16-11(18(24)22(2)19(21)25)10-23-13-7-4-3-6-12(13)20-15(17(16)23)14-8-5-9-26-14/h3-10,15,20H,1-2H3/t15-/m0/s1. The van der Waals surface area contributed by atoms with Crippen LogP contribution in [0.15, 0.2) is 62.9 Å². The maximum Gasteiger partial charge on any atom is 0.331 e. The molecule has 4 heterocycles. The highest BCUT2D eigenvalue weighted by atomic mass is 16.3. The van der Waals surface area contributed by atoms with Crippen molar-refractivity contribution >= 4 is 16.6 Å². The first-order valence-corrected chi connectivity index (χ1v) is 8.28. The topological polar surface area (TPSA) is 74.1 Å². The van der Waals surface area contributed by atoms with Gasteiger partial charge in [0.25, 0.3) is 5.56 Å². The number of nitrogens with one attached hydrogen (secondary N) is 1. The van der Waals surface area contributed by atoms with E-state index in [1.54, 1.807) is 13.3 Å². The molecule has 7 heteroatoms. The zero-order valence-electron chi connectivity index (χ0n) is 14.3. The smallest absolute Gasteiger partial charge is 0.331 e. The molecule has 0 amide bonds. The van der Waals surface area contributed by atoms with E-state index in [-0.39, 0.29) is 17.3 Å². The molecule has 0 saturated carbocycles. The number of fused-ring (bicyclic) bond motifs is 5. The van der Waals surface area contributed by atoms with Crippen LogP contribution in [-0.2, 0) is 14.1 Å². The summed E-state index contributed by atoms with van der Waals surface area (Å²) in [6.07, 6.45) is 3.42. The van der Waals surface area contributed by atoms with Crippen LogP contribution in [0.4, 0.5) is 5.69 Å². The van der Waals surface area contributed by atoms with Gasteiger partial charge in [-0.15, -0.1) is 0 Å². The lowest BCUT2D eigenvalue weighted by molar-refractivity contribution is 0.492. The van der Waals surface area contributed by atoms with Gasteiger partial charge in [0.2, 0.25) is 0 Å². The lowest BCUT2D eigenvalue weighted by atomic mass is 10.1. The minimum Gasteiger partial charge on any atom is -0.467 e. The molecule has 0 unspecified atom stereocenters. The molecule has 4 aromatic rings. The molecule has 0 bridgehead atoms. The normalized spacial score (nSPS) is 15.5. The first-order valence-electron chi connectivity index (χ1n) is 8.28.